The van der Waals surface area contributed by atoms with Crippen LogP contribution in [0, 0.1) is 20.8 Å². The number of aromatic nitrogens is 1. The van der Waals surface area contributed by atoms with E-state index in [4.69, 9.17) is 4.74 Å². The van der Waals surface area contributed by atoms with Gasteiger partial charge in [-0.25, -0.2) is 0 Å². The highest BCUT2D eigenvalue weighted by molar-refractivity contribution is 5.96. The van der Waals surface area contributed by atoms with E-state index in [2.05, 4.69) is 47.7 Å². The summed E-state index contributed by atoms with van der Waals surface area (Å²) in [5.41, 5.74) is 5.01. The van der Waals surface area contributed by atoms with Gasteiger partial charge in [0.05, 0.1) is 18.8 Å². The Morgan fingerprint density at radius 3 is 2.48 bits per heavy atom. The lowest BCUT2D eigenvalue weighted by Gasteiger charge is -2.40. The summed E-state index contributed by atoms with van der Waals surface area (Å²) in [6.07, 6.45) is 0. The number of carbonyl (C=O) groups is 1. The Kier molecular flexibility index (Phi) is 5.72. The van der Waals surface area contributed by atoms with Crippen molar-refractivity contribution in [1.82, 2.24) is 14.8 Å². The fourth-order valence-electron chi connectivity index (χ4n) is 3.85. The molecule has 0 aliphatic carbocycles. The van der Waals surface area contributed by atoms with Crippen molar-refractivity contribution in [2.45, 2.75) is 40.2 Å². The summed E-state index contributed by atoms with van der Waals surface area (Å²) in [4.78, 5) is 15.3. The van der Waals surface area contributed by atoms with Crippen LogP contribution in [-0.4, -0.2) is 53.8 Å². The van der Waals surface area contributed by atoms with Gasteiger partial charge in [-0.05, 0) is 52.3 Å². The van der Waals surface area contributed by atoms with E-state index in [0.717, 1.165) is 48.9 Å². The molecule has 2 aromatic rings. The van der Waals surface area contributed by atoms with Crippen LogP contribution < -0.4 is 5.32 Å². The summed E-state index contributed by atoms with van der Waals surface area (Å²) in [5, 5.41) is 3.15. The maximum atomic E-state index is 12.9. The molecule has 1 aromatic heterocycles. The summed E-state index contributed by atoms with van der Waals surface area (Å²) in [6.45, 7) is 14.5. The molecule has 27 heavy (non-hydrogen) atoms. The smallest absolute Gasteiger partial charge is 0.253 e. The molecule has 3 rings (SSSR count). The Morgan fingerprint density at radius 1 is 1.15 bits per heavy atom. The number of carbonyl (C=O) groups excluding carboxylic acids is 1. The number of amides is 1. The molecule has 1 aliphatic heterocycles. The predicted octanol–water partition coefficient (Wildman–Crippen LogP) is 3.24. The van der Waals surface area contributed by atoms with E-state index in [1.54, 1.807) is 0 Å². The number of hydrogen-bond acceptors (Lipinski definition) is 3. The van der Waals surface area contributed by atoms with E-state index in [9.17, 15) is 4.79 Å². The Bertz CT molecular complexity index is 817. The maximum absolute atomic E-state index is 12.9. The van der Waals surface area contributed by atoms with Crippen LogP contribution in [0.4, 0.5) is 0 Å². The average molecular weight is 370 g/mol. The number of nitrogens with one attached hydrogen (secondary N) is 1. The minimum atomic E-state index is -0.0963. The third-order valence-electron chi connectivity index (χ3n) is 5.58. The highest BCUT2D eigenvalue weighted by Gasteiger charge is 2.29. The van der Waals surface area contributed by atoms with Crippen molar-refractivity contribution >= 4 is 5.91 Å². The second-order valence-electron chi connectivity index (χ2n) is 8.00. The van der Waals surface area contributed by atoms with E-state index >= 15 is 0 Å². The van der Waals surface area contributed by atoms with E-state index in [0.29, 0.717) is 6.54 Å². The van der Waals surface area contributed by atoms with Gasteiger partial charge in [-0.15, -0.1) is 0 Å². The van der Waals surface area contributed by atoms with Gasteiger partial charge in [0.2, 0.25) is 0 Å². The van der Waals surface area contributed by atoms with E-state index in [1.807, 2.05) is 32.0 Å². The lowest BCUT2D eigenvalue weighted by atomic mass is 10.0. The Labute approximate surface area is 162 Å². The molecule has 1 fully saturated rings. The van der Waals surface area contributed by atoms with Crippen LogP contribution >= 0.6 is 0 Å². The minimum Gasteiger partial charge on any atom is -0.379 e. The topological polar surface area (TPSA) is 46.5 Å². The summed E-state index contributed by atoms with van der Waals surface area (Å²) < 4.78 is 7.61. The first-order valence-corrected chi connectivity index (χ1v) is 9.67. The van der Waals surface area contributed by atoms with Crippen molar-refractivity contribution in [1.29, 1.82) is 0 Å². The molecule has 146 valence electrons. The van der Waals surface area contributed by atoms with Crippen LogP contribution in [0.1, 0.15) is 41.2 Å². The lowest BCUT2D eigenvalue weighted by Crippen LogP contribution is -2.55. The molecule has 0 atom stereocenters. The Balaban J connectivity index is 1.76. The zero-order valence-electron chi connectivity index (χ0n) is 17.1. The van der Waals surface area contributed by atoms with Crippen molar-refractivity contribution in [2.24, 2.45) is 0 Å². The van der Waals surface area contributed by atoms with Crippen molar-refractivity contribution < 1.29 is 9.53 Å². The number of rotatable bonds is 5. The summed E-state index contributed by atoms with van der Waals surface area (Å²) >= 11 is 0. The minimum absolute atomic E-state index is 0.00994. The molecule has 5 heteroatoms. The van der Waals surface area contributed by atoms with Gasteiger partial charge in [0, 0.05) is 42.2 Å². The number of morpholine rings is 1. The maximum Gasteiger partial charge on any atom is 0.253 e. The molecule has 0 unspecified atom stereocenters. The van der Waals surface area contributed by atoms with Gasteiger partial charge >= 0.3 is 0 Å². The standard InChI is InChI=1S/C22H31N3O2/c1-16-8-6-7-9-20(16)25-17(2)14-19(18(25)3)21(26)23-15-22(4,5)24-10-12-27-13-11-24/h6-9,14H,10-13,15H2,1-5H3,(H,23,26). The van der Waals surface area contributed by atoms with Gasteiger partial charge in [0.15, 0.2) is 0 Å². The highest BCUT2D eigenvalue weighted by Crippen LogP contribution is 2.23. The van der Waals surface area contributed by atoms with E-state index in [-0.39, 0.29) is 11.4 Å². The summed E-state index contributed by atoms with van der Waals surface area (Å²) in [7, 11) is 0. The van der Waals surface area contributed by atoms with Crippen molar-refractivity contribution in [3.8, 4) is 5.69 Å². The fourth-order valence-corrected chi connectivity index (χ4v) is 3.85. The third kappa shape index (κ3) is 4.09. The van der Waals surface area contributed by atoms with Crippen molar-refractivity contribution in [3.63, 3.8) is 0 Å². The van der Waals surface area contributed by atoms with Crippen LogP contribution in [0.15, 0.2) is 30.3 Å². The first-order valence-electron chi connectivity index (χ1n) is 9.67. The van der Waals surface area contributed by atoms with Crippen LogP contribution in [0.5, 0.6) is 0 Å². The molecule has 1 amide bonds. The van der Waals surface area contributed by atoms with Crippen LogP contribution in [-0.2, 0) is 4.74 Å². The highest BCUT2D eigenvalue weighted by atomic mass is 16.5. The van der Waals surface area contributed by atoms with Gasteiger partial charge in [-0.3, -0.25) is 9.69 Å². The number of benzene rings is 1. The molecular formula is C22H31N3O2. The number of para-hydroxylation sites is 1. The number of aryl methyl sites for hydroxylation is 2. The van der Waals surface area contributed by atoms with Crippen molar-refractivity contribution in [2.75, 3.05) is 32.8 Å². The molecule has 1 aliphatic rings. The molecule has 1 aromatic carbocycles. The second-order valence-corrected chi connectivity index (χ2v) is 8.00. The molecule has 2 heterocycles. The van der Waals surface area contributed by atoms with Crippen LogP contribution in [0.2, 0.25) is 0 Å². The number of nitrogens with zero attached hydrogens (tertiary/aromatic N) is 2. The zero-order chi connectivity index (χ0) is 19.6. The Morgan fingerprint density at radius 2 is 1.81 bits per heavy atom. The summed E-state index contributed by atoms with van der Waals surface area (Å²) in [6, 6.07) is 10.2. The molecule has 1 N–H and O–H groups in total. The second kappa shape index (κ2) is 7.87. The first-order chi connectivity index (χ1) is 12.8. The van der Waals surface area contributed by atoms with Crippen LogP contribution in [0.25, 0.3) is 5.69 Å². The average Bonchev–Trinajstić information content (AvgIpc) is 2.95. The largest absolute Gasteiger partial charge is 0.379 e. The molecule has 5 nitrogen and oxygen atoms in total. The lowest BCUT2D eigenvalue weighted by molar-refractivity contribution is -0.00923. The Hall–Kier alpha value is -2.11. The van der Waals surface area contributed by atoms with Crippen LogP contribution in [0.3, 0.4) is 0 Å². The van der Waals surface area contributed by atoms with Crippen molar-refractivity contribution in [3.05, 3.63) is 52.8 Å². The third-order valence-corrected chi connectivity index (χ3v) is 5.58. The van der Waals surface area contributed by atoms with E-state index < -0.39 is 0 Å². The molecule has 0 spiro atoms. The normalized spacial score (nSPS) is 15.7. The summed E-state index contributed by atoms with van der Waals surface area (Å²) in [5.74, 6) is -0.00994. The quantitative estimate of drug-likeness (QED) is 0.880. The number of hydrogen-bond donors (Lipinski definition) is 1. The van der Waals surface area contributed by atoms with Gasteiger partial charge in [0.25, 0.3) is 5.91 Å². The molecular weight excluding hydrogens is 338 g/mol. The monoisotopic (exact) mass is 369 g/mol. The molecule has 1 saturated heterocycles. The molecule has 0 saturated carbocycles. The molecule has 0 bridgehead atoms. The van der Waals surface area contributed by atoms with Gasteiger partial charge in [0.1, 0.15) is 0 Å². The number of ether oxygens (including phenoxy) is 1. The predicted molar refractivity (Wildman–Crippen MR) is 109 cm³/mol. The SMILES string of the molecule is Cc1ccccc1-n1c(C)cc(C(=O)NCC(C)(C)N2CCOCC2)c1C. The van der Waals surface area contributed by atoms with E-state index in [1.165, 1.54) is 5.56 Å². The molecule has 0 radical (unpaired) electrons. The van der Waals surface area contributed by atoms with Gasteiger partial charge in [-0.1, -0.05) is 18.2 Å². The van der Waals surface area contributed by atoms with Gasteiger partial charge < -0.3 is 14.6 Å². The fraction of sp³-hybridized carbons (Fsp3) is 0.500. The van der Waals surface area contributed by atoms with Gasteiger partial charge in [-0.2, -0.15) is 0 Å². The zero-order valence-corrected chi connectivity index (χ0v) is 17.1. The first kappa shape index (κ1) is 19.6.